The third-order valence-corrected chi connectivity index (χ3v) is 5.13. The first-order valence-corrected chi connectivity index (χ1v) is 9.51. The lowest BCUT2D eigenvalue weighted by Gasteiger charge is -2.26. The molecule has 1 aliphatic heterocycles. The van der Waals surface area contributed by atoms with Crippen LogP contribution in [0.4, 0.5) is 5.82 Å². The van der Waals surface area contributed by atoms with Gasteiger partial charge in [-0.3, -0.25) is 4.79 Å². The zero-order valence-corrected chi connectivity index (χ0v) is 15.7. The first-order chi connectivity index (χ1) is 13.1. The van der Waals surface area contributed by atoms with Crippen molar-refractivity contribution in [3.8, 4) is 16.9 Å². The van der Waals surface area contributed by atoms with Crippen molar-refractivity contribution < 1.29 is 4.79 Å². The average molecular weight is 381 g/mol. The molecule has 1 fully saturated rings. The van der Waals surface area contributed by atoms with E-state index in [2.05, 4.69) is 5.10 Å². The van der Waals surface area contributed by atoms with E-state index in [4.69, 9.17) is 17.3 Å². The number of nitrogen functional groups attached to an aromatic ring is 1. The molecule has 6 heteroatoms. The van der Waals surface area contributed by atoms with Crippen LogP contribution in [0.15, 0.2) is 54.6 Å². The highest BCUT2D eigenvalue weighted by Gasteiger charge is 2.18. The molecule has 0 aliphatic carbocycles. The van der Waals surface area contributed by atoms with Gasteiger partial charge in [-0.15, -0.1) is 0 Å². The van der Waals surface area contributed by atoms with Crippen molar-refractivity contribution in [3.63, 3.8) is 0 Å². The Labute approximate surface area is 163 Å². The molecule has 4 rings (SSSR count). The van der Waals surface area contributed by atoms with Crippen molar-refractivity contribution in [2.45, 2.75) is 19.3 Å². The molecular formula is C21H21ClN4O. The number of nitrogens with two attached hydrogens (primary N) is 1. The molecule has 5 nitrogen and oxygen atoms in total. The van der Waals surface area contributed by atoms with Crippen molar-refractivity contribution in [1.29, 1.82) is 0 Å². The van der Waals surface area contributed by atoms with E-state index in [1.807, 2.05) is 59.5 Å². The van der Waals surface area contributed by atoms with Gasteiger partial charge in [0.15, 0.2) is 0 Å². The summed E-state index contributed by atoms with van der Waals surface area (Å²) in [5.41, 5.74) is 9.40. The summed E-state index contributed by atoms with van der Waals surface area (Å²) in [7, 11) is 0. The Kier molecular flexibility index (Phi) is 4.86. The number of anilines is 1. The van der Waals surface area contributed by atoms with Gasteiger partial charge in [0.1, 0.15) is 5.82 Å². The predicted octanol–water partition coefficient (Wildman–Crippen LogP) is 4.40. The van der Waals surface area contributed by atoms with Crippen LogP contribution in [0.3, 0.4) is 0 Å². The summed E-state index contributed by atoms with van der Waals surface area (Å²) in [5, 5.41) is 5.28. The molecule has 1 aromatic heterocycles. The summed E-state index contributed by atoms with van der Waals surface area (Å²) in [6.45, 7) is 1.69. The van der Waals surface area contributed by atoms with Gasteiger partial charge in [-0.05, 0) is 55.7 Å². The van der Waals surface area contributed by atoms with Gasteiger partial charge in [-0.25, -0.2) is 4.68 Å². The summed E-state index contributed by atoms with van der Waals surface area (Å²) in [6, 6.07) is 16.8. The first kappa shape index (κ1) is 17.6. The third-order valence-electron chi connectivity index (χ3n) is 4.88. The summed E-state index contributed by atoms with van der Waals surface area (Å²) in [4.78, 5) is 14.5. The highest BCUT2D eigenvalue weighted by atomic mass is 35.5. The lowest BCUT2D eigenvalue weighted by molar-refractivity contribution is 0.0724. The van der Waals surface area contributed by atoms with Crippen molar-refractivity contribution in [2.75, 3.05) is 18.8 Å². The van der Waals surface area contributed by atoms with Gasteiger partial charge < -0.3 is 10.6 Å². The van der Waals surface area contributed by atoms with E-state index in [1.54, 1.807) is 4.68 Å². The Bertz CT molecular complexity index is 941. The molecule has 2 aromatic carbocycles. The minimum absolute atomic E-state index is 0.0940. The van der Waals surface area contributed by atoms with Crippen molar-refractivity contribution in [2.24, 2.45) is 0 Å². The van der Waals surface area contributed by atoms with Gasteiger partial charge in [-0.2, -0.15) is 5.10 Å². The van der Waals surface area contributed by atoms with E-state index in [0.717, 1.165) is 42.9 Å². The molecule has 2 heterocycles. The number of piperidine rings is 1. The smallest absolute Gasteiger partial charge is 0.253 e. The Morgan fingerprint density at radius 1 is 0.963 bits per heavy atom. The largest absolute Gasteiger partial charge is 0.384 e. The number of hydrogen-bond acceptors (Lipinski definition) is 3. The molecule has 1 amide bonds. The highest BCUT2D eigenvalue weighted by Crippen LogP contribution is 2.24. The Morgan fingerprint density at radius 3 is 2.30 bits per heavy atom. The zero-order valence-electron chi connectivity index (χ0n) is 14.9. The Morgan fingerprint density at radius 2 is 1.63 bits per heavy atom. The normalized spacial score (nSPS) is 14.3. The van der Waals surface area contributed by atoms with E-state index in [9.17, 15) is 4.79 Å². The van der Waals surface area contributed by atoms with Crippen LogP contribution in [0.1, 0.15) is 29.6 Å². The van der Waals surface area contributed by atoms with E-state index >= 15 is 0 Å². The second kappa shape index (κ2) is 7.45. The number of amides is 1. The lowest BCUT2D eigenvalue weighted by atomic mass is 10.1. The first-order valence-electron chi connectivity index (χ1n) is 9.13. The van der Waals surface area contributed by atoms with Crippen LogP contribution in [-0.4, -0.2) is 33.7 Å². The topological polar surface area (TPSA) is 64.1 Å². The van der Waals surface area contributed by atoms with E-state index in [0.29, 0.717) is 16.4 Å². The van der Waals surface area contributed by atoms with Gasteiger partial charge in [0, 0.05) is 35.3 Å². The van der Waals surface area contributed by atoms with Gasteiger partial charge in [0.2, 0.25) is 0 Å². The predicted molar refractivity (Wildman–Crippen MR) is 108 cm³/mol. The number of aromatic nitrogens is 2. The molecule has 0 spiro atoms. The fraction of sp³-hybridized carbons (Fsp3) is 0.238. The van der Waals surface area contributed by atoms with Crippen molar-refractivity contribution in [1.82, 2.24) is 14.7 Å². The highest BCUT2D eigenvalue weighted by molar-refractivity contribution is 6.30. The molecule has 0 bridgehead atoms. The summed E-state index contributed by atoms with van der Waals surface area (Å²) in [5.74, 6) is 0.631. The fourth-order valence-corrected chi connectivity index (χ4v) is 3.51. The standard InChI is InChI=1S/C21H21ClN4O/c22-17-8-4-15(5-9-17)19-14-20(23)26(24-19)18-10-6-16(7-11-18)21(27)25-12-2-1-3-13-25/h4-11,14H,1-3,12-13,23H2. The molecule has 0 saturated carbocycles. The minimum atomic E-state index is 0.0940. The summed E-state index contributed by atoms with van der Waals surface area (Å²) < 4.78 is 1.68. The summed E-state index contributed by atoms with van der Waals surface area (Å²) >= 11 is 5.95. The summed E-state index contributed by atoms with van der Waals surface area (Å²) in [6.07, 6.45) is 3.37. The molecule has 138 valence electrons. The second-order valence-electron chi connectivity index (χ2n) is 6.77. The zero-order chi connectivity index (χ0) is 18.8. The molecule has 1 saturated heterocycles. The Balaban J connectivity index is 1.57. The lowest BCUT2D eigenvalue weighted by Crippen LogP contribution is -2.35. The molecular weight excluding hydrogens is 360 g/mol. The number of rotatable bonds is 3. The van der Waals surface area contributed by atoms with Gasteiger partial charge in [-0.1, -0.05) is 23.7 Å². The van der Waals surface area contributed by atoms with Crippen LogP contribution in [0.25, 0.3) is 16.9 Å². The number of hydrogen-bond donors (Lipinski definition) is 1. The molecule has 27 heavy (non-hydrogen) atoms. The minimum Gasteiger partial charge on any atom is -0.384 e. The van der Waals surface area contributed by atoms with E-state index in [-0.39, 0.29) is 5.91 Å². The quantitative estimate of drug-likeness (QED) is 0.732. The molecule has 3 aromatic rings. The Hall–Kier alpha value is -2.79. The van der Waals surface area contributed by atoms with Crippen LogP contribution in [0, 0.1) is 0 Å². The van der Waals surface area contributed by atoms with Gasteiger partial charge in [0.05, 0.1) is 11.4 Å². The van der Waals surface area contributed by atoms with E-state index < -0.39 is 0 Å². The number of carbonyl (C=O) groups is 1. The van der Waals surface area contributed by atoms with Gasteiger partial charge in [0.25, 0.3) is 5.91 Å². The molecule has 0 unspecified atom stereocenters. The maximum absolute atomic E-state index is 12.6. The third kappa shape index (κ3) is 3.69. The van der Waals surface area contributed by atoms with Crippen LogP contribution in [0.5, 0.6) is 0 Å². The maximum Gasteiger partial charge on any atom is 0.253 e. The van der Waals surface area contributed by atoms with Gasteiger partial charge >= 0.3 is 0 Å². The SMILES string of the molecule is Nc1cc(-c2ccc(Cl)cc2)nn1-c1ccc(C(=O)N2CCCCC2)cc1. The number of nitrogens with zero attached hydrogens (tertiary/aromatic N) is 3. The number of benzene rings is 2. The van der Waals surface area contributed by atoms with E-state index in [1.165, 1.54) is 6.42 Å². The van der Waals surface area contributed by atoms with Crippen LogP contribution in [-0.2, 0) is 0 Å². The van der Waals surface area contributed by atoms with Crippen molar-refractivity contribution >= 4 is 23.3 Å². The second-order valence-corrected chi connectivity index (χ2v) is 7.21. The monoisotopic (exact) mass is 380 g/mol. The average Bonchev–Trinajstić information content (AvgIpc) is 3.10. The van der Waals surface area contributed by atoms with Crippen LogP contribution < -0.4 is 5.73 Å². The number of halogens is 1. The van der Waals surface area contributed by atoms with Crippen LogP contribution in [0.2, 0.25) is 5.02 Å². The maximum atomic E-state index is 12.6. The fourth-order valence-electron chi connectivity index (χ4n) is 3.39. The molecule has 2 N–H and O–H groups in total. The van der Waals surface area contributed by atoms with Crippen LogP contribution >= 0.6 is 11.6 Å². The van der Waals surface area contributed by atoms with Crippen molar-refractivity contribution in [3.05, 3.63) is 65.2 Å². The number of carbonyl (C=O) groups excluding carboxylic acids is 1. The molecule has 0 radical (unpaired) electrons. The number of likely N-dealkylation sites (tertiary alicyclic amines) is 1. The molecule has 1 aliphatic rings. The molecule has 0 atom stereocenters.